The van der Waals surface area contributed by atoms with E-state index in [4.69, 9.17) is 10.8 Å². The van der Waals surface area contributed by atoms with Gasteiger partial charge < -0.3 is 41.9 Å². The van der Waals surface area contributed by atoms with E-state index in [2.05, 4.69) is 25.9 Å². The fourth-order valence-corrected chi connectivity index (χ4v) is 5.53. The van der Waals surface area contributed by atoms with Crippen molar-refractivity contribution in [2.45, 2.75) is 49.9 Å². The average molecular weight is 637 g/mol. The van der Waals surface area contributed by atoms with Gasteiger partial charge in [-0.25, -0.2) is 4.79 Å². The predicted molar refractivity (Wildman–Crippen MR) is 171 cm³/mol. The SMILES string of the molecule is CSCCC(NC(=O)C(Cc1c[nH]c2ccccc12)NC(=O)C(Cc1c[nH]c2ccccc12)NC(=O)C(N)CC(=O)O)C(=O)O. The summed E-state index contributed by atoms with van der Waals surface area (Å²) in [5.41, 5.74) is 8.82. The molecule has 0 bridgehead atoms. The van der Waals surface area contributed by atoms with E-state index in [9.17, 15) is 29.1 Å². The van der Waals surface area contributed by atoms with Gasteiger partial charge in [-0.05, 0) is 41.7 Å². The number of fused-ring (bicyclic) bond motifs is 2. The van der Waals surface area contributed by atoms with Crippen LogP contribution in [0.2, 0.25) is 0 Å². The monoisotopic (exact) mass is 636 g/mol. The molecule has 3 amide bonds. The average Bonchev–Trinajstić information content (AvgIpc) is 3.61. The molecule has 0 fully saturated rings. The third kappa shape index (κ3) is 8.64. The Labute approximate surface area is 262 Å². The minimum atomic E-state index is -1.42. The highest BCUT2D eigenvalue weighted by Crippen LogP contribution is 2.21. The minimum absolute atomic E-state index is 0.00568. The number of aliphatic carboxylic acids is 2. The summed E-state index contributed by atoms with van der Waals surface area (Å²) in [6, 6.07) is 9.72. The number of hydrogen-bond acceptors (Lipinski definition) is 7. The lowest BCUT2D eigenvalue weighted by Gasteiger charge is -2.25. The fraction of sp³-hybridized carbons (Fsp3) is 0.323. The second-order valence-electron chi connectivity index (χ2n) is 10.6. The van der Waals surface area contributed by atoms with E-state index in [1.807, 2.05) is 54.8 Å². The summed E-state index contributed by atoms with van der Waals surface area (Å²) in [4.78, 5) is 69.7. The highest BCUT2D eigenvalue weighted by atomic mass is 32.2. The quantitative estimate of drug-likeness (QED) is 0.0892. The second-order valence-corrected chi connectivity index (χ2v) is 11.6. The highest BCUT2D eigenvalue weighted by molar-refractivity contribution is 7.98. The molecular weight excluding hydrogens is 600 g/mol. The predicted octanol–water partition coefficient (Wildman–Crippen LogP) is 1.53. The van der Waals surface area contributed by atoms with Gasteiger partial charge in [0.1, 0.15) is 18.1 Å². The molecule has 0 aliphatic rings. The van der Waals surface area contributed by atoms with E-state index in [1.54, 1.807) is 12.4 Å². The summed E-state index contributed by atoms with van der Waals surface area (Å²) in [7, 11) is 0. The smallest absolute Gasteiger partial charge is 0.326 e. The molecule has 4 aromatic rings. The maximum absolute atomic E-state index is 13.9. The van der Waals surface area contributed by atoms with Crippen LogP contribution >= 0.6 is 11.8 Å². The molecule has 0 spiro atoms. The standard InChI is InChI=1S/C31H36N6O7S/c1-45-11-10-24(31(43)44)35-29(41)26(13-18-16-34-23-9-5-3-7-20(18)23)37-30(42)25(36-28(40)21(32)14-27(38)39)12-17-15-33-22-8-4-2-6-19(17)22/h2-9,15-16,21,24-26,33-34H,10-14,32H2,1H3,(H,35,41)(H,36,40)(H,37,42)(H,38,39)(H,43,44). The van der Waals surface area contributed by atoms with Gasteiger partial charge >= 0.3 is 11.9 Å². The molecule has 45 heavy (non-hydrogen) atoms. The Balaban J connectivity index is 1.63. The minimum Gasteiger partial charge on any atom is -0.481 e. The molecule has 0 saturated heterocycles. The number of nitrogens with one attached hydrogen (secondary N) is 5. The molecule has 0 aliphatic carbocycles. The van der Waals surface area contributed by atoms with Crippen LogP contribution in [0.5, 0.6) is 0 Å². The van der Waals surface area contributed by atoms with E-state index >= 15 is 0 Å². The van der Waals surface area contributed by atoms with Crippen LogP contribution in [0.25, 0.3) is 21.8 Å². The summed E-state index contributed by atoms with van der Waals surface area (Å²) in [5.74, 6) is -4.27. The number of aromatic amines is 2. The number of para-hydroxylation sites is 2. The zero-order chi connectivity index (χ0) is 32.5. The topological polar surface area (TPSA) is 219 Å². The van der Waals surface area contributed by atoms with Gasteiger partial charge in [-0.15, -0.1) is 0 Å². The number of carbonyl (C=O) groups is 5. The summed E-state index contributed by atoms with van der Waals surface area (Å²) >= 11 is 1.44. The summed E-state index contributed by atoms with van der Waals surface area (Å²) in [6.45, 7) is 0. The van der Waals surface area contributed by atoms with Crippen molar-refractivity contribution in [1.29, 1.82) is 0 Å². The Kier molecular flexibility index (Phi) is 11.2. The van der Waals surface area contributed by atoms with Crippen molar-refractivity contribution in [3.8, 4) is 0 Å². The first-order valence-electron chi connectivity index (χ1n) is 14.3. The number of amides is 3. The van der Waals surface area contributed by atoms with Crippen LogP contribution in [0.1, 0.15) is 24.0 Å². The first-order chi connectivity index (χ1) is 21.6. The number of carbonyl (C=O) groups excluding carboxylic acids is 3. The molecule has 2 aromatic heterocycles. The van der Waals surface area contributed by atoms with Gasteiger partial charge in [-0.2, -0.15) is 11.8 Å². The highest BCUT2D eigenvalue weighted by Gasteiger charge is 2.32. The number of thioether (sulfide) groups is 1. The van der Waals surface area contributed by atoms with Crippen molar-refractivity contribution >= 4 is 63.2 Å². The van der Waals surface area contributed by atoms with Crippen LogP contribution < -0.4 is 21.7 Å². The second kappa shape index (κ2) is 15.3. The number of hydrogen-bond donors (Lipinski definition) is 8. The molecular formula is C31H36N6O7S. The molecule has 0 radical (unpaired) electrons. The van der Waals surface area contributed by atoms with Gasteiger partial charge in [0, 0.05) is 47.0 Å². The van der Waals surface area contributed by atoms with Crippen LogP contribution in [-0.2, 0) is 36.8 Å². The van der Waals surface area contributed by atoms with Gasteiger partial charge in [-0.3, -0.25) is 19.2 Å². The normalized spacial score (nSPS) is 13.9. The van der Waals surface area contributed by atoms with Crippen molar-refractivity contribution in [2.24, 2.45) is 5.73 Å². The first-order valence-corrected chi connectivity index (χ1v) is 15.7. The number of carboxylic acids is 2. The summed E-state index contributed by atoms with van der Waals surface area (Å²) in [5, 5.41) is 28.3. The number of aromatic nitrogens is 2. The number of carboxylic acid groups (broad SMARTS) is 2. The van der Waals surface area contributed by atoms with Crippen LogP contribution in [0.4, 0.5) is 0 Å². The Hall–Kier alpha value is -4.82. The number of H-pyrrole nitrogens is 2. The van der Waals surface area contributed by atoms with Crippen LogP contribution in [-0.4, -0.2) is 86.0 Å². The van der Waals surface area contributed by atoms with Crippen molar-refractivity contribution in [1.82, 2.24) is 25.9 Å². The molecule has 4 rings (SSSR count). The molecule has 0 saturated carbocycles. The van der Waals surface area contributed by atoms with Crippen LogP contribution in [0.3, 0.4) is 0 Å². The number of benzene rings is 2. The molecule has 14 heteroatoms. The lowest BCUT2D eigenvalue weighted by molar-refractivity contribution is -0.142. The Morgan fingerprint density at radius 2 is 1.22 bits per heavy atom. The molecule has 2 heterocycles. The molecule has 13 nitrogen and oxygen atoms in total. The third-order valence-electron chi connectivity index (χ3n) is 7.42. The molecule has 4 unspecified atom stereocenters. The molecule has 4 atom stereocenters. The van der Waals surface area contributed by atoms with E-state index in [0.29, 0.717) is 16.9 Å². The molecule has 2 aromatic carbocycles. The zero-order valence-corrected chi connectivity index (χ0v) is 25.4. The molecule has 9 N–H and O–H groups in total. The zero-order valence-electron chi connectivity index (χ0n) is 24.5. The van der Waals surface area contributed by atoms with Gasteiger partial charge in [0.2, 0.25) is 17.7 Å². The van der Waals surface area contributed by atoms with Gasteiger partial charge in [-0.1, -0.05) is 36.4 Å². The maximum atomic E-state index is 13.9. The largest absolute Gasteiger partial charge is 0.481 e. The van der Waals surface area contributed by atoms with Gasteiger partial charge in [0.05, 0.1) is 12.5 Å². The Morgan fingerprint density at radius 1 is 0.756 bits per heavy atom. The first kappa shape index (κ1) is 33.1. The maximum Gasteiger partial charge on any atom is 0.326 e. The number of rotatable bonds is 16. The Bertz CT molecular complexity index is 1680. The lowest BCUT2D eigenvalue weighted by atomic mass is 10.0. The molecule has 0 aliphatic heterocycles. The van der Waals surface area contributed by atoms with Crippen molar-refractivity contribution in [3.05, 3.63) is 72.1 Å². The van der Waals surface area contributed by atoms with Crippen molar-refractivity contribution < 1.29 is 34.2 Å². The van der Waals surface area contributed by atoms with E-state index in [-0.39, 0.29) is 19.3 Å². The molecule has 238 valence electrons. The third-order valence-corrected chi connectivity index (χ3v) is 8.06. The van der Waals surface area contributed by atoms with Crippen LogP contribution in [0.15, 0.2) is 60.9 Å². The van der Waals surface area contributed by atoms with E-state index < -0.39 is 60.2 Å². The summed E-state index contributed by atoms with van der Waals surface area (Å²) in [6.07, 6.45) is 4.79. The lowest BCUT2D eigenvalue weighted by Crippen LogP contribution is -2.58. The van der Waals surface area contributed by atoms with Crippen molar-refractivity contribution in [3.63, 3.8) is 0 Å². The van der Waals surface area contributed by atoms with Gasteiger partial charge in [0.15, 0.2) is 0 Å². The van der Waals surface area contributed by atoms with Crippen LogP contribution in [0, 0.1) is 0 Å². The van der Waals surface area contributed by atoms with E-state index in [1.165, 1.54) is 11.8 Å². The van der Waals surface area contributed by atoms with Gasteiger partial charge in [0.25, 0.3) is 0 Å². The van der Waals surface area contributed by atoms with E-state index in [0.717, 1.165) is 21.8 Å². The summed E-state index contributed by atoms with van der Waals surface area (Å²) < 4.78 is 0. The number of nitrogens with two attached hydrogens (primary N) is 1. The Morgan fingerprint density at radius 3 is 1.69 bits per heavy atom. The fourth-order valence-electron chi connectivity index (χ4n) is 5.06. The van der Waals surface area contributed by atoms with Crippen molar-refractivity contribution in [2.75, 3.05) is 12.0 Å².